The molecule has 2 unspecified atom stereocenters. The van der Waals surface area contributed by atoms with E-state index < -0.39 is 16.0 Å². The molecule has 1 aliphatic carbocycles. The van der Waals surface area contributed by atoms with Gasteiger partial charge in [0.1, 0.15) is 22.0 Å². The average molecular weight is 333 g/mol. The van der Waals surface area contributed by atoms with Crippen LogP contribution in [0.5, 0.6) is 0 Å². The molecule has 0 aliphatic heterocycles. The van der Waals surface area contributed by atoms with E-state index in [0.717, 1.165) is 19.3 Å². The molecule has 1 aromatic heterocycles. The molecule has 2 atom stereocenters. The van der Waals surface area contributed by atoms with Gasteiger partial charge in [0.05, 0.1) is 0 Å². The Morgan fingerprint density at radius 1 is 1.33 bits per heavy atom. The molecule has 2 N–H and O–H groups in total. The van der Waals surface area contributed by atoms with Gasteiger partial charge in [-0.25, -0.2) is 17.9 Å². The number of carboxylic acid groups (broad SMARTS) is 1. The molecule has 6 nitrogen and oxygen atoms in total. The van der Waals surface area contributed by atoms with Gasteiger partial charge in [0, 0.05) is 11.3 Å². The van der Waals surface area contributed by atoms with Crippen molar-refractivity contribution >= 4 is 27.8 Å². The molecule has 118 valence electrons. The summed E-state index contributed by atoms with van der Waals surface area (Å²) in [5.41, 5.74) is -0.279. The largest absolute Gasteiger partial charge is 0.478 e. The van der Waals surface area contributed by atoms with Crippen LogP contribution in [0.25, 0.3) is 0 Å². The molecule has 1 aliphatic rings. The van der Waals surface area contributed by atoms with Gasteiger partial charge in [0.15, 0.2) is 0 Å². The normalized spacial score (nSPS) is 22.6. The van der Waals surface area contributed by atoms with Crippen LogP contribution in [0.3, 0.4) is 0 Å². The minimum atomic E-state index is -3.91. The minimum Gasteiger partial charge on any atom is -0.478 e. The molecule has 0 aromatic carbocycles. The Bertz CT molecular complexity index is 650. The highest BCUT2D eigenvalue weighted by Crippen LogP contribution is 2.31. The number of carboxylic acids is 1. The number of aryl methyl sites for hydroxylation is 2. The summed E-state index contributed by atoms with van der Waals surface area (Å²) in [6.45, 7) is 2.92. The Morgan fingerprint density at radius 2 is 2.00 bits per heavy atom. The van der Waals surface area contributed by atoms with Crippen molar-refractivity contribution in [3.8, 4) is 0 Å². The number of carbonyl (C=O) groups is 1. The third-order valence-corrected chi connectivity index (χ3v) is 6.56. The molecule has 0 bridgehead atoms. The summed E-state index contributed by atoms with van der Waals surface area (Å²) in [7, 11) is -3.91. The molecule has 21 heavy (non-hydrogen) atoms. The third-order valence-electron chi connectivity index (χ3n) is 3.75. The number of furan rings is 1. The van der Waals surface area contributed by atoms with Gasteiger partial charge >= 0.3 is 5.97 Å². The summed E-state index contributed by atoms with van der Waals surface area (Å²) < 4.78 is 33.0. The van der Waals surface area contributed by atoms with Gasteiger partial charge in [-0.1, -0.05) is 6.42 Å². The highest BCUT2D eigenvalue weighted by molar-refractivity contribution is 7.99. The van der Waals surface area contributed by atoms with Crippen molar-refractivity contribution in [1.29, 1.82) is 0 Å². The fourth-order valence-electron chi connectivity index (χ4n) is 2.84. The molecule has 0 amide bonds. The second kappa shape index (κ2) is 6.02. The summed E-state index contributed by atoms with van der Waals surface area (Å²) in [6, 6.07) is -0.166. The third kappa shape index (κ3) is 3.12. The van der Waals surface area contributed by atoms with Crippen LogP contribution >= 0.6 is 11.8 Å². The molecule has 1 fully saturated rings. The highest BCUT2D eigenvalue weighted by Gasteiger charge is 2.35. The first-order valence-corrected chi connectivity index (χ1v) is 9.43. The highest BCUT2D eigenvalue weighted by atomic mass is 32.2. The van der Waals surface area contributed by atoms with Gasteiger partial charge in [-0.2, -0.15) is 11.8 Å². The lowest BCUT2D eigenvalue weighted by Crippen LogP contribution is -2.39. The Hall–Kier alpha value is -0.990. The fourth-order valence-corrected chi connectivity index (χ4v) is 5.57. The first kappa shape index (κ1) is 16.4. The smallest absolute Gasteiger partial charge is 0.340 e. The summed E-state index contributed by atoms with van der Waals surface area (Å²) >= 11 is 1.63. The molecular weight excluding hydrogens is 314 g/mol. The molecule has 0 saturated heterocycles. The molecular formula is C13H19NO5S2. The van der Waals surface area contributed by atoms with Gasteiger partial charge in [-0.15, -0.1) is 0 Å². The van der Waals surface area contributed by atoms with Crippen LogP contribution in [0, 0.1) is 13.8 Å². The van der Waals surface area contributed by atoms with Crippen molar-refractivity contribution < 1.29 is 22.7 Å². The van der Waals surface area contributed by atoms with Gasteiger partial charge in [0.2, 0.25) is 10.0 Å². The number of hydrogen-bond donors (Lipinski definition) is 2. The standard InChI is InChI=1S/C13H19NO5S2/c1-7-11(13(15)16)12(8(2)19-7)21(17,18)14-9-5-4-6-10(9)20-3/h9-10,14H,4-6H2,1-3H3,(H,15,16). The van der Waals surface area contributed by atoms with Crippen molar-refractivity contribution in [2.45, 2.75) is 49.3 Å². The maximum absolute atomic E-state index is 12.6. The zero-order valence-electron chi connectivity index (χ0n) is 12.2. The summed E-state index contributed by atoms with van der Waals surface area (Å²) in [6.07, 6.45) is 4.65. The monoisotopic (exact) mass is 333 g/mol. The zero-order valence-corrected chi connectivity index (χ0v) is 13.8. The van der Waals surface area contributed by atoms with Crippen molar-refractivity contribution in [2.75, 3.05) is 6.26 Å². The fraction of sp³-hybridized carbons (Fsp3) is 0.615. The van der Waals surface area contributed by atoms with Crippen LogP contribution in [0.4, 0.5) is 0 Å². The Morgan fingerprint density at radius 3 is 2.57 bits per heavy atom. The van der Waals surface area contributed by atoms with Gasteiger partial charge in [-0.3, -0.25) is 0 Å². The number of rotatable bonds is 5. The lowest BCUT2D eigenvalue weighted by atomic mass is 10.2. The lowest BCUT2D eigenvalue weighted by molar-refractivity contribution is 0.0691. The lowest BCUT2D eigenvalue weighted by Gasteiger charge is -2.19. The van der Waals surface area contributed by atoms with Crippen molar-refractivity contribution in [2.24, 2.45) is 0 Å². The van der Waals surface area contributed by atoms with E-state index in [0.29, 0.717) is 0 Å². The van der Waals surface area contributed by atoms with Crippen molar-refractivity contribution in [3.05, 3.63) is 17.1 Å². The van der Waals surface area contributed by atoms with E-state index in [-0.39, 0.29) is 33.3 Å². The van der Waals surface area contributed by atoms with Crippen molar-refractivity contribution in [3.63, 3.8) is 0 Å². The molecule has 0 spiro atoms. The topological polar surface area (TPSA) is 96.6 Å². The summed E-state index contributed by atoms with van der Waals surface area (Å²) in [4.78, 5) is 11.1. The van der Waals surface area contributed by atoms with Gasteiger partial charge in [-0.05, 0) is 32.9 Å². The van der Waals surface area contributed by atoms with E-state index in [4.69, 9.17) is 4.42 Å². The van der Waals surface area contributed by atoms with Crippen LogP contribution in [0.1, 0.15) is 41.1 Å². The van der Waals surface area contributed by atoms with E-state index in [2.05, 4.69) is 4.72 Å². The van der Waals surface area contributed by atoms with Gasteiger partial charge in [0.25, 0.3) is 0 Å². The van der Waals surface area contributed by atoms with E-state index in [1.54, 1.807) is 11.8 Å². The maximum atomic E-state index is 12.6. The second-order valence-corrected chi connectivity index (χ2v) is 7.88. The van der Waals surface area contributed by atoms with E-state index in [1.165, 1.54) is 13.8 Å². The van der Waals surface area contributed by atoms with Crippen LogP contribution < -0.4 is 4.72 Å². The van der Waals surface area contributed by atoms with Crippen LogP contribution in [0.2, 0.25) is 0 Å². The number of thioether (sulfide) groups is 1. The van der Waals surface area contributed by atoms with Crippen molar-refractivity contribution in [1.82, 2.24) is 4.72 Å². The molecule has 0 radical (unpaired) electrons. The number of sulfonamides is 1. The summed E-state index contributed by atoms with van der Waals surface area (Å²) in [5, 5.41) is 9.45. The molecule has 8 heteroatoms. The Balaban J connectivity index is 2.38. The average Bonchev–Trinajstić information content (AvgIpc) is 2.92. The first-order valence-electron chi connectivity index (χ1n) is 6.66. The molecule has 1 saturated carbocycles. The zero-order chi connectivity index (χ0) is 15.8. The number of aromatic carboxylic acids is 1. The minimum absolute atomic E-state index is 0.105. The Labute approximate surface area is 128 Å². The van der Waals surface area contributed by atoms with E-state index in [9.17, 15) is 18.3 Å². The number of nitrogens with one attached hydrogen (secondary N) is 1. The predicted molar refractivity (Wildman–Crippen MR) is 80.4 cm³/mol. The first-order chi connectivity index (χ1) is 9.77. The quantitative estimate of drug-likeness (QED) is 0.857. The second-order valence-electron chi connectivity index (χ2n) is 5.16. The van der Waals surface area contributed by atoms with Crippen LogP contribution in [-0.2, 0) is 10.0 Å². The van der Waals surface area contributed by atoms with E-state index >= 15 is 0 Å². The molecule has 1 aromatic rings. The van der Waals surface area contributed by atoms with Crippen LogP contribution in [-0.4, -0.2) is 37.0 Å². The molecule has 1 heterocycles. The summed E-state index contributed by atoms with van der Waals surface area (Å²) in [5.74, 6) is -1.08. The Kier molecular flexibility index (Phi) is 4.69. The maximum Gasteiger partial charge on any atom is 0.340 e. The van der Waals surface area contributed by atoms with Gasteiger partial charge < -0.3 is 9.52 Å². The SMILES string of the molecule is CSC1CCCC1NS(=O)(=O)c1c(C)oc(C)c1C(=O)O. The molecule has 2 rings (SSSR count). The number of hydrogen-bond acceptors (Lipinski definition) is 5. The van der Waals surface area contributed by atoms with Crippen LogP contribution in [0.15, 0.2) is 9.31 Å². The van der Waals surface area contributed by atoms with E-state index in [1.807, 2.05) is 6.26 Å². The predicted octanol–water partition coefficient (Wildman–Crippen LogP) is 2.16.